The highest BCUT2D eigenvalue weighted by Gasteiger charge is 2.14. The average Bonchev–Trinajstić information content (AvgIpc) is 2.33. The Morgan fingerprint density at radius 3 is 2.53 bits per heavy atom. The van der Waals surface area contributed by atoms with Crippen molar-refractivity contribution in [2.24, 2.45) is 0 Å². The van der Waals surface area contributed by atoms with Crippen LogP contribution in [0.2, 0.25) is 10.0 Å². The molecule has 1 fully saturated rings. The molecule has 4 heteroatoms. The maximum atomic E-state index is 6.20. The van der Waals surface area contributed by atoms with Crippen molar-refractivity contribution in [2.75, 3.05) is 0 Å². The van der Waals surface area contributed by atoms with Gasteiger partial charge >= 0.3 is 0 Å². The van der Waals surface area contributed by atoms with Gasteiger partial charge in [-0.3, -0.25) is 4.72 Å². The molecule has 0 aromatic heterocycles. The van der Waals surface area contributed by atoms with Crippen molar-refractivity contribution in [1.29, 1.82) is 0 Å². The Balaban J connectivity index is 1.96. The molecule has 1 aromatic carbocycles. The van der Waals surface area contributed by atoms with E-state index in [4.69, 9.17) is 23.2 Å². The smallest absolute Gasteiger partial charge is 0.0558 e. The first kappa shape index (κ1) is 13.5. The van der Waals surface area contributed by atoms with Gasteiger partial charge in [0.05, 0.1) is 5.02 Å². The van der Waals surface area contributed by atoms with E-state index in [1.807, 2.05) is 19.1 Å². The minimum absolute atomic E-state index is 0.616. The lowest BCUT2D eigenvalue weighted by molar-refractivity contribution is 0.423. The summed E-state index contributed by atoms with van der Waals surface area (Å²) in [6.07, 6.45) is 6.58. The Morgan fingerprint density at radius 2 is 1.82 bits per heavy atom. The monoisotopic (exact) mass is 289 g/mol. The molecule has 1 saturated carbocycles. The van der Waals surface area contributed by atoms with Crippen LogP contribution in [-0.4, -0.2) is 6.04 Å². The topological polar surface area (TPSA) is 12.0 Å². The first-order chi connectivity index (χ1) is 8.16. The maximum Gasteiger partial charge on any atom is 0.0558 e. The number of aryl methyl sites for hydroxylation is 1. The molecule has 0 unspecified atom stereocenters. The molecule has 1 aromatic rings. The molecule has 0 atom stereocenters. The summed E-state index contributed by atoms with van der Waals surface area (Å²) in [4.78, 5) is 1.02. The van der Waals surface area contributed by atoms with Crippen molar-refractivity contribution in [1.82, 2.24) is 4.72 Å². The van der Waals surface area contributed by atoms with Gasteiger partial charge in [-0.15, -0.1) is 0 Å². The van der Waals surface area contributed by atoms with E-state index in [1.54, 1.807) is 11.9 Å². The SMILES string of the molecule is Cc1cc(Cl)c(SNC2CCCCC2)cc1Cl. The van der Waals surface area contributed by atoms with E-state index in [-0.39, 0.29) is 0 Å². The Morgan fingerprint density at radius 1 is 1.12 bits per heavy atom. The summed E-state index contributed by atoms with van der Waals surface area (Å²) in [6.45, 7) is 1.97. The predicted octanol–water partition coefficient (Wildman–Crippen LogP) is 5.23. The third-order valence-corrected chi connectivity index (χ3v) is 4.99. The molecule has 2 rings (SSSR count). The molecule has 0 heterocycles. The first-order valence-electron chi connectivity index (χ1n) is 6.05. The summed E-state index contributed by atoms with van der Waals surface area (Å²) in [6, 6.07) is 4.49. The highest BCUT2D eigenvalue weighted by atomic mass is 35.5. The number of nitrogens with one attached hydrogen (secondary N) is 1. The highest BCUT2D eigenvalue weighted by molar-refractivity contribution is 7.97. The maximum absolute atomic E-state index is 6.20. The molecule has 0 bridgehead atoms. The van der Waals surface area contributed by atoms with E-state index >= 15 is 0 Å². The second-order valence-electron chi connectivity index (χ2n) is 4.59. The molecule has 1 aliphatic carbocycles. The highest BCUT2D eigenvalue weighted by Crippen LogP contribution is 2.32. The Kier molecular flexibility index (Phi) is 5.04. The van der Waals surface area contributed by atoms with Crippen LogP contribution in [0.3, 0.4) is 0 Å². The summed E-state index contributed by atoms with van der Waals surface area (Å²) in [5.74, 6) is 0. The number of hydrogen-bond acceptors (Lipinski definition) is 2. The summed E-state index contributed by atoms with van der Waals surface area (Å²) >= 11 is 13.9. The molecule has 0 radical (unpaired) electrons. The Labute approximate surface area is 117 Å². The molecular formula is C13H17Cl2NS. The number of benzene rings is 1. The normalized spacial score (nSPS) is 17.4. The predicted molar refractivity (Wildman–Crippen MR) is 77.1 cm³/mol. The fourth-order valence-electron chi connectivity index (χ4n) is 2.07. The zero-order chi connectivity index (χ0) is 12.3. The van der Waals surface area contributed by atoms with Crippen LogP contribution in [-0.2, 0) is 0 Å². The third kappa shape index (κ3) is 3.78. The summed E-state index contributed by atoms with van der Waals surface area (Å²) in [7, 11) is 0. The van der Waals surface area contributed by atoms with Crippen LogP contribution in [0, 0.1) is 6.92 Å². The van der Waals surface area contributed by atoms with Gasteiger partial charge in [-0.25, -0.2) is 0 Å². The van der Waals surface area contributed by atoms with Crippen molar-refractivity contribution >= 4 is 35.1 Å². The van der Waals surface area contributed by atoms with Crippen molar-refractivity contribution < 1.29 is 0 Å². The van der Waals surface area contributed by atoms with Gasteiger partial charge in [0, 0.05) is 16.0 Å². The second-order valence-corrected chi connectivity index (χ2v) is 6.28. The lowest BCUT2D eigenvalue weighted by atomic mass is 9.96. The molecule has 0 spiro atoms. The van der Waals surface area contributed by atoms with E-state index in [1.165, 1.54) is 32.1 Å². The number of halogens is 2. The van der Waals surface area contributed by atoms with Gasteiger partial charge in [-0.1, -0.05) is 42.5 Å². The molecular weight excluding hydrogens is 273 g/mol. The van der Waals surface area contributed by atoms with Crippen LogP contribution in [0.4, 0.5) is 0 Å². The summed E-state index contributed by atoms with van der Waals surface area (Å²) in [5.41, 5.74) is 1.03. The van der Waals surface area contributed by atoms with Gasteiger partial charge in [-0.2, -0.15) is 0 Å². The van der Waals surface area contributed by atoms with Gasteiger partial charge in [-0.05, 0) is 49.4 Å². The first-order valence-corrected chi connectivity index (χ1v) is 7.62. The van der Waals surface area contributed by atoms with E-state index in [0.717, 1.165) is 20.5 Å². The summed E-state index contributed by atoms with van der Waals surface area (Å²) < 4.78 is 3.50. The van der Waals surface area contributed by atoms with Gasteiger partial charge in [0.1, 0.15) is 0 Å². The van der Waals surface area contributed by atoms with Crippen molar-refractivity contribution in [3.8, 4) is 0 Å². The molecule has 0 saturated heterocycles. The van der Waals surface area contributed by atoms with Gasteiger partial charge in [0.25, 0.3) is 0 Å². The second kappa shape index (κ2) is 6.33. The minimum Gasteiger partial charge on any atom is -0.257 e. The van der Waals surface area contributed by atoms with E-state index in [2.05, 4.69) is 4.72 Å². The van der Waals surface area contributed by atoms with Crippen LogP contribution in [0.25, 0.3) is 0 Å². The Hall–Kier alpha value is 0.110. The third-order valence-electron chi connectivity index (χ3n) is 3.15. The lowest BCUT2D eigenvalue weighted by Crippen LogP contribution is -2.25. The minimum atomic E-state index is 0.616. The van der Waals surface area contributed by atoms with E-state index in [9.17, 15) is 0 Å². The fourth-order valence-corrected chi connectivity index (χ4v) is 3.50. The zero-order valence-corrected chi connectivity index (χ0v) is 12.3. The average molecular weight is 290 g/mol. The Bertz CT molecular complexity index is 389. The zero-order valence-electron chi connectivity index (χ0n) is 9.93. The molecule has 17 heavy (non-hydrogen) atoms. The van der Waals surface area contributed by atoms with Crippen LogP contribution < -0.4 is 4.72 Å². The van der Waals surface area contributed by atoms with Crippen molar-refractivity contribution in [3.05, 3.63) is 27.7 Å². The fraction of sp³-hybridized carbons (Fsp3) is 0.538. The lowest BCUT2D eigenvalue weighted by Gasteiger charge is -2.22. The molecule has 1 nitrogen and oxygen atoms in total. The molecule has 94 valence electrons. The van der Waals surface area contributed by atoms with Gasteiger partial charge in [0.15, 0.2) is 0 Å². The van der Waals surface area contributed by atoms with Gasteiger partial charge in [0.2, 0.25) is 0 Å². The summed E-state index contributed by atoms with van der Waals surface area (Å²) in [5, 5.41) is 1.56. The number of hydrogen-bond donors (Lipinski definition) is 1. The van der Waals surface area contributed by atoms with Crippen molar-refractivity contribution in [2.45, 2.75) is 50.0 Å². The quantitative estimate of drug-likeness (QED) is 0.765. The van der Waals surface area contributed by atoms with E-state index in [0.29, 0.717) is 6.04 Å². The number of rotatable bonds is 3. The van der Waals surface area contributed by atoms with Crippen LogP contribution in [0.15, 0.2) is 17.0 Å². The van der Waals surface area contributed by atoms with E-state index < -0.39 is 0 Å². The van der Waals surface area contributed by atoms with Crippen LogP contribution in [0.5, 0.6) is 0 Å². The molecule has 0 amide bonds. The van der Waals surface area contributed by atoms with Crippen LogP contribution in [0.1, 0.15) is 37.7 Å². The largest absolute Gasteiger partial charge is 0.257 e. The standard InChI is InChI=1S/C13H17Cl2NS/c1-9-7-12(15)13(8-11(9)14)17-16-10-5-3-2-4-6-10/h7-8,10,16H,2-6H2,1H3. The van der Waals surface area contributed by atoms with Crippen molar-refractivity contribution in [3.63, 3.8) is 0 Å². The molecule has 1 aliphatic rings. The molecule has 1 N–H and O–H groups in total. The molecule has 0 aliphatic heterocycles. The van der Waals surface area contributed by atoms with Gasteiger partial charge < -0.3 is 0 Å². The van der Waals surface area contributed by atoms with Crippen LogP contribution >= 0.6 is 35.1 Å².